The second kappa shape index (κ2) is 28.3. The van der Waals surface area contributed by atoms with Gasteiger partial charge in [0.1, 0.15) is 11.6 Å². The molecule has 1 amide bonds. The van der Waals surface area contributed by atoms with Gasteiger partial charge in [0.2, 0.25) is 5.91 Å². The highest BCUT2D eigenvalue weighted by Gasteiger charge is 2.37. The van der Waals surface area contributed by atoms with Crippen molar-refractivity contribution in [3.05, 3.63) is 138 Å². The topological polar surface area (TPSA) is 284 Å². The van der Waals surface area contributed by atoms with Crippen LogP contribution in [0, 0.1) is 6.92 Å². The maximum Gasteiger partial charge on any atom is 0.431 e. The number of methoxy groups -OCH3 is 1. The molecule has 6 rings (SSSR count). The lowest BCUT2D eigenvalue weighted by Gasteiger charge is -2.31. The number of carboxylic acids is 1. The van der Waals surface area contributed by atoms with Crippen LogP contribution in [-0.2, 0) is 59.3 Å². The van der Waals surface area contributed by atoms with Gasteiger partial charge in [-0.2, -0.15) is 26.3 Å². The molecule has 5 aromatic rings. The number of hydrogen-bond donors (Lipinski definition) is 4. The van der Waals surface area contributed by atoms with Crippen molar-refractivity contribution in [2.45, 2.75) is 89.2 Å². The number of nitrogens with one attached hydrogen (secondary N) is 1. The van der Waals surface area contributed by atoms with E-state index in [1.54, 1.807) is 25.9 Å². The molecule has 0 saturated heterocycles. The molecule has 1 aliphatic rings. The van der Waals surface area contributed by atoms with Gasteiger partial charge in [-0.05, 0) is 94.5 Å². The monoisotopic (exact) mass is 1200 g/mol. The Hall–Kier alpha value is -6.19. The molecule has 79 heavy (non-hydrogen) atoms. The summed E-state index contributed by atoms with van der Waals surface area (Å²) in [6.45, 7) is 9.35. The first-order valence-corrected chi connectivity index (χ1v) is 27.8. The maximum absolute atomic E-state index is 12.9. The number of anilines is 1. The van der Waals surface area contributed by atoms with Crippen LogP contribution in [0.3, 0.4) is 0 Å². The third-order valence-electron chi connectivity index (χ3n) is 10.9. The van der Waals surface area contributed by atoms with Gasteiger partial charge in [0, 0.05) is 38.0 Å². The van der Waals surface area contributed by atoms with Crippen LogP contribution in [0.25, 0.3) is 5.69 Å². The van der Waals surface area contributed by atoms with E-state index in [1.165, 1.54) is 18.3 Å². The smallest absolute Gasteiger partial charge is 0.431 e. The number of aryl methyl sites for hydroxylation is 2. The van der Waals surface area contributed by atoms with Gasteiger partial charge < -0.3 is 33.8 Å². The molecule has 3 aromatic carbocycles. The summed E-state index contributed by atoms with van der Waals surface area (Å²) in [4.78, 5) is 88.5. The fourth-order valence-corrected chi connectivity index (χ4v) is 8.88. The number of carboxylic acid groups (broad SMARTS) is 1. The minimum atomic E-state index is -4.86. The van der Waals surface area contributed by atoms with Crippen molar-refractivity contribution in [2.75, 3.05) is 43.6 Å². The van der Waals surface area contributed by atoms with Crippen LogP contribution in [-0.4, -0.2) is 112 Å². The highest BCUT2D eigenvalue weighted by atomic mass is 35.5. The Morgan fingerprint density at radius 2 is 1.59 bits per heavy atom. The van der Waals surface area contributed by atoms with Crippen LogP contribution >= 0.6 is 30.8 Å². The average Bonchev–Trinajstić information content (AvgIpc) is 4.07. The molecule has 0 spiro atoms. The first-order valence-electron chi connectivity index (χ1n) is 23.2. The van der Waals surface area contributed by atoms with Gasteiger partial charge in [-0.15, -0.1) is 11.6 Å². The van der Waals surface area contributed by atoms with E-state index >= 15 is 0 Å². The average molecular weight is 1200 g/mol. The van der Waals surface area contributed by atoms with E-state index in [2.05, 4.69) is 23.5 Å². The lowest BCUT2D eigenvalue weighted by Crippen LogP contribution is -2.43. The molecule has 2 aromatic heterocycles. The van der Waals surface area contributed by atoms with E-state index in [0.717, 1.165) is 61.5 Å². The first kappa shape index (κ1) is 67.1. The molecule has 1 atom stereocenters. The van der Waals surface area contributed by atoms with E-state index in [1.807, 2.05) is 26.0 Å². The van der Waals surface area contributed by atoms with Gasteiger partial charge in [0.25, 0.3) is 5.56 Å². The third kappa shape index (κ3) is 19.3. The summed E-state index contributed by atoms with van der Waals surface area (Å²) in [6, 6.07) is 12.0. The van der Waals surface area contributed by atoms with E-state index < -0.39 is 93.8 Å². The molecular weight excluding hydrogens is 1150 g/mol. The second-order valence-electron chi connectivity index (χ2n) is 17.6. The summed E-state index contributed by atoms with van der Waals surface area (Å²) < 4.78 is 127. The van der Waals surface area contributed by atoms with Gasteiger partial charge >= 0.3 is 37.6 Å². The highest BCUT2D eigenvalue weighted by molar-refractivity contribution is 7.90. The van der Waals surface area contributed by atoms with Crippen molar-refractivity contribution >= 4 is 70.0 Å². The number of ether oxygens (including phenoxy) is 2. The number of benzene rings is 3. The Labute approximate surface area is 458 Å². The van der Waals surface area contributed by atoms with Crippen LogP contribution < -0.4 is 21.5 Å². The van der Waals surface area contributed by atoms with Crippen molar-refractivity contribution in [3.8, 4) is 5.69 Å². The zero-order chi connectivity index (χ0) is 60.1. The number of rotatable bonds is 17. The number of carbonyl (C=O) groups is 4. The molecule has 0 radical (unpaired) electrons. The van der Waals surface area contributed by atoms with Crippen LogP contribution in [0.2, 0.25) is 5.02 Å². The highest BCUT2D eigenvalue weighted by Crippen LogP contribution is 2.42. The number of carbonyl (C=O) groups excluding carboxylic acids is 3. The molecule has 1 unspecified atom stereocenters. The maximum atomic E-state index is 12.9. The van der Waals surface area contributed by atoms with Gasteiger partial charge in [-0.3, -0.25) is 33.6 Å². The fourth-order valence-electron chi connectivity index (χ4n) is 7.25. The Kier molecular flexibility index (Phi) is 24.0. The Bertz CT molecular complexity index is 3290. The van der Waals surface area contributed by atoms with Crippen molar-refractivity contribution in [3.63, 3.8) is 0 Å². The molecule has 1 fully saturated rings. The van der Waals surface area contributed by atoms with Crippen LogP contribution in [0.15, 0.2) is 85.9 Å². The largest absolute Gasteiger partial charge is 0.480 e. The number of amides is 1. The van der Waals surface area contributed by atoms with Gasteiger partial charge in [0.15, 0.2) is 21.4 Å². The molecule has 434 valence electrons. The number of halogens is 8. The van der Waals surface area contributed by atoms with Gasteiger partial charge in [-0.1, -0.05) is 41.9 Å². The van der Waals surface area contributed by atoms with E-state index in [-0.39, 0.29) is 51.1 Å². The molecule has 30 heteroatoms. The fraction of sp³-hybridized carbons (Fsp3) is 0.408. The normalized spacial score (nSPS) is 12.9. The summed E-state index contributed by atoms with van der Waals surface area (Å²) in [6.07, 6.45) is -6.17. The number of ketones is 1. The Balaban J connectivity index is 0.000000289. The zero-order valence-electron chi connectivity index (χ0n) is 43.4. The van der Waals surface area contributed by atoms with Crippen molar-refractivity contribution in [1.29, 1.82) is 0 Å². The molecule has 0 bridgehead atoms. The molecular formula is C49H56Cl2F6N5O15PS. The second-order valence-corrected chi connectivity index (χ2v) is 21.9. The number of aliphatic carboxylic acids is 1. The van der Waals surface area contributed by atoms with E-state index in [4.69, 9.17) is 52.1 Å². The number of nitrogens with zero attached hydrogens (tertiary/aromatic N) is 4. The number of hydrogen-bond acceptors (Lipinski definition) is 14. The van der Waals surface area contributed by atoms with Crippen LogP contribution in [0.5, 0.6) is 0 Å². The zero-order valence-corrected chi connectivity index (χ0v) is 46.7. The molecule has 1 saturated carbocycles. The van der Waals surface area contributed by atoms with Crippen molar-refractivity contribution in [2.24, 2.45) is 7.05 Å². The minimum absolute atomic E-state index is 0.0104. The quantitative estimate of drug-likeness (QED) is 0.0226. The summed E-state index contributed by atoms with van der Waals surface area (Å²) >= 11 is 11.7. The number of sulfone groups is 1. The molecule has 0 aliphatic heterocycles. The lowest BCUT2D eigenvalue weighted by molar-refractivity contribution is -0.144. The van der Waals surface area contributed by atoms with E-state index in [0.29, 0.717) is 39.7 Å². The third-order valence-corrected chi connectivity index (χ3v) is 13.2. The predicted molar refractivity (Wildman–Crippen MR) is 277 cm³/mol. The number of para-hydroxylation sites is 1. The molecule has 4 N–H and O–H groups in total. The van der Waals surface area contributed by atoms with Gasteiger partial charge in [-0.25, -0.2) is 22.6 Å². The summed E-state index contributed by atoms with van der Waals surface area (Å²) in [5.74, 6) is -2.37. The molecule has 20 nitrogen and oxygen atoms in total. The Morgan fingerprint density at radius 3 is 2.10 bits per heavy atom. The predicted octanol–water partition coefficient (Wildman–Crippen LogP) is 7.94. The summed E-state index contributed by atoms with van der Waals surface area (Å²) in [5, 5.41) is 13.6. The van der Waals surface area contributed by atoms with Crippen LogP contribution in [0.4, 0.5) is 32.0 Å². The number of esters is 1. The number of aromatic nitrogens is 3. The first-order chi connectivity index (χ1) is 36.5. The van der Waals surface area contributed by atoms with Crippen molar-refractivity contribution < 1.29 is 87.4 Å². The minimum Gasteiger partial charge on any atom is -0.480 e. The van der Waals surface area contributed by atoms with Gasteiger partial charge in [0.05, 0.1) is 75.8 Å². The van der Waals surface area contributed by atoms with Crippen molar-refractivity contribution in [1.82, 2.24) is 19.6 Å². The SMILES string of the molecule is CC(C)OC(=O)c1cc(-n2c(=O)cc(C(F)(F)F)n(C)c2=O)ccc1Cl.CCc1cccc(C)c1N(C(=O)CCl)C(C)COC.CS(=O)(=O)c1cc(C(F)(F)F)ccc1C(=O)c1cnoc1C1CC1.O=C(O)CNCP(=O)(O)O. The lowest BCUT2D eigenvalue weighted by atomic mass is 10.0. The summed E-state index contributed by atoms with van der Waals surface area (Å²) in [7, 11) is -5.61. The van der Waals surface area contributed by atoms with Crippen LogP contribution in [0.1, 0.15) is 101 Å². The molecule has 2 heterocycles. The standard InChI is InChI=1S/C16H14ClF3N2O4.C15H22ClNO2.C15H12F3NO4S.C3H8NO5P/c1-8(2)26-14(24)10-6-9(4-5-11(10)17)22-13(23)7-12(16(18,19)20)21(3)15(22)25;1-5-13-8-6-7-11(2)15(13)17(14(18)9-16)12(3)10-19-4;1-24(21,22)12-6-9(15(16,17)18)4-5-10(12)13(20)11-7-19-23-14(11)8-2-3-8;5-3(6)1-4-2-10(7,8)9/h4-8H,1-3H3;6-8,12H,5,9-10H2,1-4H3;4-8H,2-3H2,1H3;4H,1-2H2,(H,5,6)(H2,7,8,9). The van der Waals surface area contributed by atoms with E-state index in [9.17, 15) is 68.1 Å². The molecule has 1 aliphatic carbocycles. The number of alkyl halides is 7. The Morgan fingerprint density at radius 1 is 0.962 bits per heavy atom. The summed E-state index contributed by atoms with van der Waals surface area (Å²) in [5.41, 5.74) is -2.16.